The number of carboxylic acids is 3. The number of hydrogen-bond donors (Lipinski definition) is 7. The molecule has 5 atom stereocenters. The second kappa shape index (κ2) is 14.0. The van der Waals surface area contributed by atoms with E-state index in [1.54, 1.807) is 27.7 Å². The fourth-order valence-electron chi connectivity index (χ4n) is 2.79. The molecule has 0 saturated heterocycles. The molecule has 0 spiro atoms. The van der Waals surface area contributed by atoms with Crippen molar-refractivity contribution in [2.45, 2.75) is 77.5 Å². The first kappa shape index (κ1) is 29.8. The van der Waals surface area contributed by atoms with Crippen LogP contribution in [-0.2, 0) is 28.8 Å². The number of carbonyl (C=O) groups excluding carboxylic acids is 3. The summed E-state index contributed by atoms with van der Waals surface area (Å²) >= 11 is 0. The second-order valence-corrected chi connectivity index (χ2v) is 8.14. The standard InChI is InChI=1S/C20H34N4O9/c1-5-10(4)16(20(32)33)24-19(31)15(9(2)3)23-18(30)12(8-14(27)28)22-17(29)11(21)6-7-13(25)26/h9-12,15-16H,5-8,21H2,1-4H3,(H,22,29)(H,23,30)(H,24,31)(H,25,26)(H,27,28)(H,32,33). The summed E-state index contributed by atoms with van der Waals surface area (Å²) in [5, 5.41) is 34.1. The third-order valence-corrected chi connectivity index (χ3v) is 5.04. The first-order valence-corrected chi connectivity index (χ1v) is 10.5. The van der Waals surface area contributed by atoms with Gasteiger partial charge in [-0.15, -0.1) is 0 Å². The SMILES string of the molecule is CCC(C)C(NC(=O)C(NC(=O)C(CC(=O)O)NC(=O)C(N)CCC(=O)O)C(C)C)C(=O)O. The number of amides is 3. The number of nitrogens with two attached hydrogens (primary N) is 1. The van der Waals surface area contributed by atoms with Gasteiger partial charge in [0.15, 0.2) is 0 Å². The van der Waals surface area contributed by atoms with Gasteiger partial charge in [0.2, 0.25) is 17.7 Å². The van der Waals surface area contributed by atoms with Crippen LogP contribution in [0.3, 0.4) is 0 Å². The molecule has 0 aliphatic carbocycles. The summed E-state index contributed by atoms with van der Waals surface area (Å²) in [6.07, 6.45) is -0.974. The van der Waals surface area contributed by atoms with Gasteiger partial charge < -0.3 is 37.0 Å². The zero-order chi connectivity index (χ0) is 25.9. The minimum atomic E-state index is -1.59. The third kappa shape index (κ3) is 10.8. The van der Waals surface area contributed by atoms with Crippen molar-refractivity contribution in [2.24, 2.45) is 17.6 Å². The number of rotatable bonds is 15. The zero-order valence-electron chi connectivity index (χ0n) is 19.2. The van der Waals surface area contributed by atoms with Crippen LogP contribution in [0.4, 0.5) is 0 Å². The molecular formula is C20H34N4O9. The van der Waals surface area contributed by atoms with Gasteiger partial charge in [-0.25, -0.2) is 4.79 Å². The number of hydrogen-bond acceptors (Lipinski definition) is 7. The summed E-state index contributed by atoms with van der Waals surface area (Å²) in [7, 11) is 0. The molecule has 0 aromatic rings. The molecule has 13 nitrogen and oxygen atoms in total. The molecule has 0 aliphatic rings. The highest BCUT2D eigenvalue weighted by atomic mass is 16.4. The average Bonchev–Trinajstić information content (AvgIpc) is 2.71. The van der Waals surface area contributed by atoms with Crippen molar-refractivity contribution in [1.82, 2.24) is 16.0 Å². The lowest BCUT2D eigenvalue weighted by atomic mass is 9.97. The average molecular weight is 475 g/mol. The highest BCUT2D eigenvalue weighted by Gasteiger charge is 2.34. The van der Waals surface area contributed by atoms with Gasteiger partial charge in [-0.05, 0) is 18.3 Å². The first-order valence-electron chi connectivity index (χ1n) is 10.5. The van der Waals surface area contributed by atoms with E-state index in [4.69, 9.17) is 15.9 Å². The largest absolute Gasteiger partial charge is 0.481 e. The van der Waals surface area contributed by atoms with Crippen molar-refractivity contribution in [3.8, 4) is 0 Å². The van der Waals surface area contributed by atoms with E-state index in [1.165, 1.54) is 0 Å². The van der Waals surface area contributed by atoms with Crippen LogP contribution >= 0.6 is 0 Å². The van der Waals surface area contributed by atoms with Crippen LogP contribution in [0.2, 0.25) is 0 Å². The topological polar surface area (TPSA) is 225 Å². The minimum absolute atomic E-state index is 0.230. The van der Waals surface area contributed by atoms with E-state index < -0.39 is 78.6 Å². The third-order valence-electron chi connectivity index (χ3n) is 5.04. The predicted octanol–water partition coefficient (Wildman–Crippen LogP) is -1.11. The summed E-state index contributed by atoms with van der Waals surface area (Å²) in [6.45, 7) is 6.59. The monoisotopic (exact) mass is 474 g/mol. The van der Waals surface area contributed by atoms with Gasteiger partial charge in [0, 0.05) is 6.42 Å². The molecule has 0 bridgehead atoms. The molecule has 0 heterocycles. The fraction of sp³-hybridized carbons (Fsp3) is 0.700. The number of carbonyl (C=O) groups is 6. The Balaban J connectivity index is 5.46. The molecule has 5 unspecified atom stereocenters. The van der Waals surface area contributed by atoms with E-state index in [0.717, 1.165) is 0 Å². The molecule has 0 saturated carbocycles. The summed E-state index contributed by atoms with van der Waals surface area (Å²) < 4.78 is 0. The summed E-state index contributed by atoms with van der Waals surface area (Å²) in [6, 6.07) is -5.29. The van der Waals surface area contributed by atoms with Crippen molar-refractivity contribution in [3.05, 3.63) is 0 Å². The van der Waals surface area contributed by atoms with Gasteiger partial charge in [-0.1, -0.05) is 34.1 Å². The molecule has 0 aliphatic heterocycles. The van der Waals surface area contributed by atoms with Crippen LogP contribution in [0.1, 0.15) is 53.4 Å². The van der Waals surface area contributed by atoms with Crippen molar-refractivity contribution in [1.29, 1.82) is 0 Å². The van der Waals surface area contributed by atoms with Crippen LogP contribution in [0.5, 0.6) is 0 Å². The Bertz CT molecular complexity index is 741. The summed E-state index contributed by atoms with van der Waals surface area (Å²) in [5.74, 6) is -7.40. The summed E-state index contributed by atoms with van der Waals surface area (Å²) in [5.41, 5.74) is 5.59. The molecule has 0 aromatic carbocycles. The Morgan fingerprint density at radius 2 is 1.33 bits per heavy atom. The lowest BCUT2D eigenvalue weighted by Gasteiger charge is -2.28. The van der Waals surface area contributed by atoms with E-state index >= 15 is 0 Å². The van der Waals surface area contributed by atoms with Crippen molar-refractivity contribution >= 4 is 35.6 Å². The predicted molar refractivity (Wildman–Crippen MR) is 115 cm³/mol. The Morgan fingerprint density at radius 3 is 1.76 bits per heavy atom. The molecule has 13 heteroatoms. The Morgan fingerprint density at radius 1 is 0.788 bits per heavy atom. The second-order valence-electron chi connectivity index (χ2n) is 8.14. The van der Waals surface area contributed by atoms with E-state index in [1.807, 2.05) is 0 Å². The van der Waals surface area contributed by atoms with Gasteiger partial charge in [0.1, 0.15) is 18.1 Å². The molecule has 3 amide bonds. The van der Waals surface area contributed by atoms with Crippen LogP contribution in [0, 0.1) is 11.8 Å². The van der Waals surface area contributed by atoms with Gasteiger partial charge in [0.25, 0.3) is 0 Å². The number of nitrogens with one attached hydrogen (secondary N) is 3. The van der Waals surface area contributed by atoms with Gasteiger partial charge in [-0.3, -0.25) is 24.0 Å². The summed E-state index contributed by atoms with van der Waals surface area (Å²) in [4.78, 5) is 70.9. The van der Waals surface area contributed by atoms with Crippen molar-refractivity contribution in [3.63, 3.8) is 0 Å². The smallest absolute Gasteiger partial charge is 0.326 e. The van der Waals surface area contributed by atoms with Gasteiger partial charge in [-0.2, -0.15) is 0 Å². The van der Waals surface area contributed by atoms with E-state index in [2.05, 4.69) is 16.0 Å². The number of carboxylic acid groups (broad SMARTS) is 3. The number of aliphatic carboxylic acids is 3. The highest BCUT2D eigenvalue weighted by molar-refractivity contribution is 5.95. The molecule has 0 aromatic heterocycles. The quantitative estimate of drug-likeness (QED) is 0.151. The van der Waals surface area contributed by atoms with Crippen LogP contribution in [-0.4, -0.2) is 75.1 Å². The zero-order valence-corrected chi connectivity index (χ0v) is 19.2. The fourth-order valence-corrected chi connectivity index (χ4v) is 2.79. The van der Waals surface area contributed by atoms with Crippen LogP contribution in [0.25, 0.3) is 0 Å². The van der Waals surface area contributed by atoms with E-state index in [0.29, 0.717) is 6.42 Å². The molecule has 33 heavy (non-hydrogen) atoms. The normalized spacial score (nSPS) is 15.5. The maximum atomic E-state index is 12.7. The Labute approximate surface area is 191 Å². The maximum Gasteiger partial charge on any atom is 0.326 e. The van der Waals surface area contributed by atoms with E-state index in [-0.39, 0.29) is 12.3 Å². The molecule has 0 radical (unpaired) electrons. The molecular weight excluding hydrogens is 440 g/mol. The van der Waals surface area contributed by atoms with Crippen LogP contribution in [0.15, 0.2) is 0 Å². The van der Waals surface area contributed by atoms with Crippen molar-refractivity contribution in [2.75, 3.05) is 0 Å². The van der Waals surface area contributed by atoms with E-state index in [9.17, 15) is 33.9 Å². The van der Waals surface area contributed by atoms with Gasteiger partial charge >= 0.3 is 17.9 Å². The lowest BCUT2D eigenvalue weighted by Crippen LogP contribution is -2.59. The molecule has 188 valence electrons. The first-order chi connectivity index (χ1) is 15.2. The lowest BCUT2D eigenvalue weighted by molar-refractivity contribution is -0.144. The maximum absolute atomic E-state index is 12.7. The van der Waals surface area contributed by atoms with Crippen LogP contribution < -0.4 is 21.7 Å². The van der Waals surface area contributed by atoms with Crippen molar-refractivity contribution < 1.29 is 44.1 Å². The van der Waals surface area contributed by atoms with Gasteiger partial charge in [0.05, 0.1) is 12.5 Å². The molecule has 0 fully saturated rings. The minimum Gasteiger partial charge on any atom is -0.481 e. The highest BCUT2D eigenvalue weighted by Crippen LogP contribution is 2.10. The Kier molecular flexibility index (Phi) is 12.7. The molecule has 8 N–H and O–H groups in total. The molecule has 0 rings (SSSR count). The Hall–Kier alpha value is -3.22.